The number of carbonyl (C=O) groups excluding carboxylic acids is 1. The fraction of sp³-hybridized carbons (Fsp3) is 0.435. The molecule has 132 valence electrons. The number of Topliss-reactive ketones (excluding diaryl/α,β-unsaturated/α-hetero) is 1. The maximum absolute atomic E-state index is 12.5. The van der Waals surface area contributed by atoms with Crippen LogP contribution in [0.4, 0.5) is 5.69 Å². The Labute approximate surface area is 151 Å². The molecule has 2 heteroatoms. The van der Waals surface area contributed by atoms with Crippen LogP contribution in [0.2, 0.25) is 0 Å². The number of benzene rings is 2. The van der Waals surface area contributed by atoms with E-state index in [9.17, 15) is 4.79 Å². The summed E-state index contributed by atoms with van der Waals surface area (Å²) < 4.78 is 0. The average molecular weight is 335 g/mol. The first kappa shape index (κ1) is 17.7. The second-order valence-electron chi connectivity index (χ2n) is 8.18. The van der Waals surface area contributed by atoms with Crippen molar-refractivity contribution in [3.05, 3.63) is 65.7 Å². The Morgan fingerprint density at radius 1 is 0.960 bits per heavy atom. The fourth-order valence-corrected chi connectivity index (χ4v) is 3.69. The number of carbonyl (C=O) groups is 1. The molecule has 0 saturated heterocycles. The zero-order valence-electron chi connectivity index (χ0n) is 15.6. The van der Waals surface area contributed by atoms with Gasteiger partial charge in [0.15, 0.2) is 0 Å². The van der Waals surface area contributed by atoms with Crippen molar-refractivity contribution in [3.8, 4) is 0 Å². The highest BCUT2D eigenvalue weighted by atomic mass is 16.1. The van der Waals surface area contributed by atoms with E-state index in [2.05, 4.69) is 74.6 Å². The third-order valence-corrected chi connectivity index (χ3v) is 5.24. The van der Waals surface area contributed by atoms with Crippen molar-refractivity contribution in [2.24, 2.45) is 5.92 Å². The van der Waals surface area contributed by atoms with Crippen LogP contribution in [-0.4, -0.2) is 5.78 Å². The Balaban J connectivity index is 1.86. The Hall–Kier alpha value is -2.09. The Morgan fingerprint density at radius 2 is 1.64 bits per heavy atom. The van der Waals surface area contributed by atoms with Crippen molar-refractivity contribution in [2.45, 2.75) is 57.9 Å². The molecular formula is C23H29NO. The maximum Gasteiger partial charge on any atom is 0.138 e. The molecule has 0 bridgehead atoms. The van der Waals surface area contributed by atoms with E-state index in [1.165, 1.54) is 11.1 Å². The molecule has 2 nitrogen and oxygen atoms in total. The van der Waals surface area contributed by atoms with Crippen LogP contribution in [0, 0.1) is 5.92 Å². The van der Waals surface area contributed by atoms with Crippen LogP contribution >= 0.6 is 0 Å². The first-order valence-electron chi connectivity index (χ1n) is 9.40. The molecule has 0 aromatic heterocycles. The summed E-state index contributed by atoms with van der Waals surface area (Å²) >= 11 is 0. The Kier molecular flexibility index (Phi) is 5.27. The molecule has 1 fully saturated rings. The minimum atomic E-state index is 0.0505. The van der Waals surface area contributed by atoms with Crippen LogP contribution in [0.15, 0.2) is 54.6 Å². The number of rotatable bonds is 4. The van der Waals surface area contributed by atoms with Crippen LogP contribution in [-0.2, 0) is 10.2 Å². The van der Waals surface area contributed by atoms with Gasteiger partial charge >= 0.3 is 0 Å². The van der Waals surface area contributed by atoms with E-state index < -0.39 is 0 Å². The number of anilines is 1. The van der Waals surface area contributed by atoms with Crippen LogP contribution in [0.25, 0.3) is 0 Å². The lowest BCUT2D eigenvalue weighted by atomic mass is 9.80. The summed E-state index contributed by atoms with van der Waals surface area (Å²) in [6, 6.07) is 19.1. The van der Waals surface area contributed by atoms with E-state index in [0.29, 0.717) is 5.78 Å². The van der Waals surface area contributed by atoms with E-state index in [1.54, 1.807) is 0 Å². The molecule has 3 rings (SSSR count). The van der Waals surface area contributed by atoms with Gasteiger partial charge in [-0.2, -0.15) is 0 Å². The molecule has 1 aliphatic rings. The van der Waals surface area contributed by atoms with Gasteiger partial charge in [-0.1, -0.05) is 69.7 Å². The monoisotopic (exact) mass is 335 g/mol. The van der Waals surface area contributed by atoms with Crippen molar-refractivity contribution in [3.63, 3.8) is 0 Å². The standard InChI is InChI=1S/C23H29NO/c1-23(2,3)18-13-15-19(16-14-18)24-22(17-9-5-4-6-10-17)20-11-7-8-12-21(20)25/h4-6,9-10,13-16,20,22,24H,7-8,11-12H2,1-3H3/t20-,22+/m0/s1. The molecule has 0 spiro atoms. The lowest BCUT2D eigenvalue weighted by molar-refractivity contribution is -0.125. The quantitative estimate of drug-likeness (QED) is 0.754. The third-order valence-electron chi connectivity index (χ3n) is 5.24. The van der Waals surface area contributed by atoms with E-state index in [1.807, 2.05) is 6.07 Å². The first-order chi connectivity index (χ1) is 11.9. The second-order valence-corrected chi connectivity index (χ2v) is 8.18. The Morgan fingerprint density at radius 3 is 2.24 bits per heavy atom. The zero-order valence-corrected chi connectivity index (χ0v) is 15.6. The van der Waals surface area contributed by atoms with Gasteiger partial charge in [0.2, 0.25) is 0 Å². The molecule has 1 saturated carbocycles. The summed E-state index contributed by atoms with van der Waals surface area (Å²) in [5.74, 6) is 0.470. The summed E-state index contributed by atoms with van der Waals surface area (Å²) in [5.41, 5.74) is 3.75. The SMILES string of the molecule is CC(C)(C)c1ccc(N[C@H](c2ccccc2)[C@H]2CCCCC2=O)cc1. The predicted octanol–water partition coefficient (Wildman–Crippen LogP) is 5.90. The van der Waals surface area contributed by atoms with Crippen molar-refractivity contribution < 1.29 is 4.79 Å². The lowest BCUT2D eigenvalue weighted by Crippen LogP contribution is -2.30. The molecule has 0 radical (unpaired) electrons. The molecule has 0 aliphatic heterocycles. The molecular weight excluding hydrogens is 306 g/mol. The van der Waals surface area contributed by atoms with Crippen LogP contribution in [0.3, 0.4) is 0 Å². The van der Waals surface area contributed by atoms with Crippen molar-refractivity contribution in [2.75, 3.05) is 5.32 Å². The molecule has 1 N–H and O–H groups in total. The molecule has 1 aliphatic carbocycles. The van der Waals surface area contributed by atoms with E-state index >= 15 is 0 Å². The molecule has 0 amide bonds. The molecule has 0 unspecified atom stereocenters. The van der Waals surface area contributed by atoms with Gasteiger partial charge in [0, 0.05) is 18.0 Å². The van der Waals surface area contributed by atoms with Crippen LogP contribution < -0.4 is 5.32 Å². The van der Waals surface area contributed by atoms with E-state index in [4.69, 9.17) is 0 Å². The zero-order chi connectivity index (χ0) is 17.9. The average Bonchev–Trinajstić information content (AvgIpc) is 2.61. The maximum atomic E-state index is 12.5. The van der Waals surface area contributed by atoms with Gasteiger partial charge < -0.3 is 5.32 Å². The van der Waals surface area contributed by atoms with Crippen LogP contribution in [0.5, 0.6) is 0 Å². The van der Waals surface area contributed by atoms with Gasteiger partial charge in [-0.05, 0) is 41.5 Å². The van der Waals surface area contributed by atoms with Gasteiger partial charge in [0.1, 0.15) is 5.78 Å². The van der Waals surface area contributed by atoms with Crippen molar-refractivity contribution in [1.29, 1.82) is 0 Å². The number of hydrogen-bond acceptors (Lipinski definition) is 2. The third kappa shape index (κ3) is 4.31. The fourth-order valence-electron chi connectivity index (χ4n) is 3.69. The largest absolute Gasteiger partial charge is 0.378 e. The smallest absolute Gasteiger partial charge is 0.138 e. The van der Waals surface area contributed by atoms with E-state index in [0.717, 1.165) is 31.4 Å². The van der Waals surface area contributed by atoms with Crippen molar-refractivity contribution >= 4 is 11.5 Å². The first-order valence-corrected chi connectivity index (χ1v) is 9.40. The van der Waals surface area contributed by atoms with E-state index in [-0.39, 0.29) is 17.4 Å². The summed E-state index contributed by atoms with van der Waals surface area (Å²) in [6.45, 7) is 6.68. The number of nitrogens with one attached hydrogen (secondary N) is 1. The number of hydrogen-bond donors (Lipinski definition) is 1. The van der Waals surface area contributed by atoms with Gasteiger partial charge in [-0.3, -0.25) is 4.79 Å². The van der Waals surface area contributed by atoms with Crippen LogP contribution in [0.1, 0.15) is 63.6 Å². The topological polar surface area (TPSA) is 29.1 Å². The highest BCUT2D eigenvalue weighted by Crippen LogP contribution is 2.35. The molecule has 2 aromatic rings. The van der Waals surface area contributed by atoms with Gasteiger partial charge in [-0.25, -0.2) is 0 Å². The lowest BCUT2D eigenvalue weighted by Gasteiger charge is -2.31. The van der Waals surface area contributed by atoms with Gasteiger partial charge in [0.25, 0.3) is 0 Å². The highest BCUT2D eigenvalue weighted by molar-refractivity contribution is 5.83. The molecule has 25 heavy (non-hydrogen) atoms. The normalized spacial score (nSPS) is 19.5. The summed E-state index contributed by atoms with van der Waals surface area (Å²) in [5, 5.41) is 3.65. The van der Waals surface area contributed by atoms with Gasteiger partial charge in [0.05, 0.1) is 6.04 Å². The number of ketones is 1. The molecule has 0 heterocycles. The summed E-state index contributed by atoms with van der Waals surface area (Å²) in [6.07, 6.45) is 3.88. The second kappa shape index (κ2) is 7.43. The minimum absolute atomic E-state index is 0.0505. The Bertz CT molecular complexity index is 697. The summed E-state index contributed by atoms with van der Waals surface area (Å²) in [7, 11) is 0. The van der Waals surface area contributed by atoms with Gasteiger partial charge in [-0.15, -0.1) is 0 Å². The minimum Gasteiger partial charge on any atom is -0.378 e. The summed E-state index contributed by atoms with van der Waals surface area (Å²) in [4.78, 5) is 12.5. The molecule has 2 atom stereocenters. The predicted molar refractivity (Wildman–Crippen MR) is 105 cm³/mol. The molecule has 2 aromatic carbocycles. The van der Waals surface area contributed by atoms with Crippen molar-refractivity contribution in [1.82, 2.24) is 0 Å². The highest BCUT2D eigenvalue weighted by Gasteiger charge is 2.31.